The zero-order valence-corrected chi connectivity index (χ0v) is 13.1. The molecule has 6 heteroatoms. The van der Waals surface area contributed by atoms with Crippen LogP contribution in [-0.2, 0) is 5.41 Å². The molecule has 2 aromatic rings. The Morgan fingerprint density at radius 3 is 2.33 bits per heavy atom. The molecule has 0 amide bonds. The molecule has 0 aliphatic carbocycles. The van der Waals surface area contributed by atoms with Crippen LogP contribution in [0.4, 0.5) is 0 Å². The van der Waals surface area contributed by atoms with Crippen molar-refractivity contribution in [2.45, 2.75) is 36.1 Å². The highest BCUT2D eigenvalue weighted by molar-refractivity contribution is 7.99. The molecule has 0 atom stereocenters. The Kier molecular flexibility index (Phi) is 4.47. The van der Waals surface area contributed by atoms with E-state index in [1.54, 1.807) is 6.20 Å². The van der Waals surface area contributed by atoms with Gasteiger partial charge in [-0.3, -0.25) is 0 Å². The molecule has 21 heavy (non-hydrogen) atoms. The van der Waals surface area contributed by atoms with Crippen LogP contribution in [0, 0.1) is 0 Å². The largest absolute Gasteiger partial charge is 0.409 e. The third-order valence-electron chi connectivity index (χ3n) is 2.95. The molecule has 0 aliphatic heterocycles. The second-order valence-electron chi connectivity index (χ2n) is 5.57. The maximum atomic E-state index is 8.79. The topological polar surface area (TPSA) is 84.4 Å². The zero-order chi connectivity index (χ0) is 15.5. The van der Waals surface area contributed by atoms with Crippen LogP contribution in [0.3, 0.4) is 0 Å². The average molecular weight is 302 g/mol. The average Bonchev–Trinajstić information content (AvgIpc) is 2.46. The van der Waals surface area contributed by atoms with Gasteiger partial charge in [0.2, 0.25) is 0 Å². The van der Waals surface area contributed by atoms with Crippen molar-refractivity contribution in [1.82, 2.24) is 9.97 Å². The lowest BCUT2D eigenvalue weighted by Crippen LogP contribution is -2.16. The Morgan fingerprint density at radius 1 is 1.14 bits per heavy atom. The van der Waals surface area contributed by atoms with Crippen LogP contribution in [-0.4, -0.2) is 21.0 Å². The minimum absolute atomic E-state index is 0.0445. The predicted molar refractivity (Wildman–Crippen MR) is 83.8 cm³/mol. The predicted octanol–water partition coefficient (Wildman–Crippen LogP) is 3.02. The number of rotatable bonds is 3. The molecule has 0 spiro atoms. The SMILES string of the molecule is CC(C)(C)c1ccc(Sc2nccnc2C(N)=NO)cc1. The molecule has 0 fully saturated rings. The van der Waals surface area contributed by atoms with E-state index in [1.807, 2.05) is 12.1 Å². The van der Waals surface area contributed by atoms with Crippen molar-refractivity contribution < 1.29 is 5.21 Å². The monoisotopic (exact) mass is 302 g/mol. The van der Waals surface area contributed by atoms with Crippen molar-refractivity contribution in [2.24, 2.45) is 10.9 Å². The van der Waals surface area contributed by atoms with Crippen molar-refractivity contribution in [3.05, 3.63) is 47.9 Å². The standard InChI is InChI=1S/C15H18N4OS/c1-15(2,3)10-4-6-11(7-5-10)21-14-12(13(16)19-20)17-8-9-18-14/h4-9,20H,1-3H3,(H2,16,19). The summed E-state index contributed by atoms with van der Waals surface area (Å²) in [6.07, 6.45) is 3.10. The van der Waals surface area contributed by atoms with Gasteiger partial charge >= 0.3 is 0 Å². The Labute approximate surface area is 128 Å². The van der Waals surface area contributed by atoms with Gasteiger partial charge in [0.15, 0.2) is 5.84 Å². The smallest absolute Gasteiger partial charge is 0.191 e. The van der Waals surface area contributed by atoms with E-state index in [2.05, 4.69) is 48.0 Å². The first-order chi connectivity index (χ1) is 9.91. The summed E-state index contributed by atoms with van der Waals surface area (Å²) in [5, 5.41) is 12.4. The van der Waals surface area contributed by atoms with E-state index in [1.165, 1.54) is 23.5 Å². The van der Waals surface area contributed by atoms with Gasteiger partial charge in [-0.05, 0) is 23.1 Å². The fourth-order valence-corrected chi connectivity index (χ4v) is 2.62. The van der Waals surface area contributed by atoms with Crippen molar-refractivity contribution in [3.8, 4) is 0 Å². The quantitative estimate of drug-likeness (QED) is 0.394. The van der Waals surface area contributed by atoms with Crippen LogP contribution >= 0.6 is 11.8 Å². The molecule has 1 aromatic carbocycles. The van der Waals surface area contributed by atoms with Gasteiger partial charge in [-0.25, -0.2) is 9.97 Å². The molecule has 5 nitrogen and oxygen atoms in total. The van der Waals surface area contributed by atoms with E-state index in [0.717, 1.165) is 4.90 Å². The lowest BCUT2D eigenvalue weighted by molar-refractivity contribution is 0.318. The van der Waals surface area contributed by atoms with Crippen LogP contribution in [0.1, 0.15) is 32.0 Å². The van der Waals surface area contributed by atoms with E-state index in [0.29, 0.717) is 10.7 Å². The second kappa shape index (κ2) is 6.13. The lowest BCUT2D eigenvalue weighted by atomic mass is 9.87. The number of benzene rings is 1. The van der Waals surface area contributed by atoms with E-state index in [-0.39, 0.29) is 11.3 Å². The van der Waals surface area contributed by atoms with Crippen LogP contribution < -0.4 is 5.73 Å². The molecular formula is C15H18N4OS. The number of hydrogen-bond acceptors (Lipinski definition) is 5. The summed E-state index contributed by atoms with van der Waals surface area (Å²) in [6.45, 7) is 6.52. The summed E-state index contributed by atoms with van der Waals surface area (Å²) in [5.74, 6) is -0.0445. The first-order valence-electron chi connectivity index (χ1n) is 6.49. The molecule has 3 N–H and O–H groups in total. The molecule has 0 saturated carbocycles. The van der Waals surface area contributed by atoms with Crippen molar-refractivity contribution in [3.63, 3.8) is 0 Å². The van der Waals surface area contributed by atoms with Crippen molar-refractivity contribution in [1.29, 1.82) is 0 Å². The molecule has 110 valence electrons. The van der Waals surface area contributed by atoms with Crippen LogP contribution in [0.15, 0.2) is 51.7 Å². The highest BCUT2D eigenvalue weighted by Crippen LogP contribution is 2.30. The molecule has 0 bridgehead atoms. The highest BCUT2D eigenvalue weighted by Gasteiger charge is 2.14. The summed E-state index contributed by atoms with van der Waals surface area (Å²) in [4.78, 5) is 9.37. The second-order valence-corrected chi connectivity index (χ2v) is 6.63. The Balaban J connectivity index is 2.27. The van der Waals surface area contributed by atoms with E-state index in [9.17, 15) is 0 Å². The van der Waals surface area contributed by atoms with E-state index >= 15 is 0 Å². The summed E-state index contributed by atoms with van der Waals surface area (Å²) < 4.78 is 0. The molecule has 0 aliphatic rings. The zero-order valence-electron chi connectivity index (χ0n) is 12.2. The summed E-state index contributed by atoms with van der Waals surface area (Å²) in [5.41, 5.74) is 7.38. The summed E-state index contributed by atoms with van der Waals surface area (Å²) in [7, 11) is 0. The van der Waals surface area contributed by atoms with Gasteiger partial charge in [0.05, 0.1) is 0 Å². The first-order valence-corrected chi connectivity index (χ1v) is 7.31. The van der Waals surface area contributed by atoms with Gasteiger partial charge in [0.1, 0.15) is 10.7 Å². The Morgan fingerprint density at radius 2 is 1.76 bits per heavy atom. The summed E-state index contributed by atoms with van der Waals surface area (Å²) in [6, 6.07) is 8.27. The van der Waals surface area contributed by atoms with Gasteiger partial charge in [-0.1, -0.05) is 49.8 Å². The molecule has 1 heterocycles. The maximum Gasteiger partial charge on any atom is 0.191 e. The van der Waals surface area contributed by atoms with Gasteiger partial charge in [0.25, 0.3) is 0 Å². The van der Waals surface area contributed by atoms with Crippen LogP contribution in [0.5, 0.6) is 0 Å². The molecule has 0 saturated heterocycles. The van der Waals surface area contributed by atoms with Gasteiger partial charge < -0.3 is 10.9 Å². The fraction of sp³-hybridized carbons (Fsp3) is 0.267. The number of hydrogen-bond donors (Lipinski definition) is 2. The third-order valence-corrected chi connectivity index (χ3v) is 3.95. The number of nitrogens with zero attached hydrogens (tertiary/aromatic N) is 3. The number of nitrogens with two attached hydrogens (primary N) is 1. The number of amidine groups is 1. The maximum absolute atomic E-state index is 8.79. The molecular weight excluding hydrogens is 284 g/mol. The minimum atomic E-state index is -0.0445. The number of oxime groups is 1. The fourth-order valence-electron chi connectivity index (χ4n) is 1.76. The van der Waals surface area contributed by atoms with Crippen LogP contribution in [0.2, 0.25) is 0 Å². The van der Waals surface area contributed by atoms with Gasteiger partial charge in [-0.15, -0.1) is 0 Å². The first kappa shape index (κ1) is 15.3. The van der Waals surface area contributed by atoms with Crippen molar-refractivity contribution >= 4 is 17.6 Å². The van der Waals surface area contributed by atoms with E-state index < -0.39 is 0 Å². The lowest BCUT2D eigenvalue weighted by Gasteiger charge is -2.19. The van der Waals surface area contributed by atoms with E-state index in [4.69, 9.17) is 10.9 Å². The molecule has 1 aromatic heterocycles. The normalized spacial score (nSPS) is 12.4. The van der Waals surface area contributed by atoms with Crippen molar-refractivity contribution in [2.75, 3.05) is 0 Å². The number of aromatic nitrogens is 2. The summed E-state index contributed by atoms with van der Waals surface area (Å²) >= 11 is 1.43. The van der Waals surface area contributed by atoms with Gasteiger partial charge in [0, 0.05) is 17.3 Å². The van der Waals surface area contributed by atoms with Gasteiger partial charge in [-0.2, -0.15) is 0 Å². The Hall–Kier alpha value is -2.08. The molecule has 2 rings (SSSR count). The highest BCUT2D eigenvalue weighted by atomic mass is 32.2. The Bertz CT molecular complexity index is 647. The molecule has 0 radical (unpaired) electrons. The molecule has 0 unspecified atom stereocenters. The minimum Gasteiger partial charge on any atom is -0.409 e. The third kappa shape index (κ3) is 3.72. The van der Waals surface area contributed by atoms with Crippen LogP contribution in [0.25, 0.3) is 0 Å².